The number of rotatable bonds is 2. The summed E-state index contributed by atoms with van der Waals surface area (Å²) in [5, 5.41) is 4.19. The highest BCUT2D eigenvalue weighted by molar-refractivity contribution is 6.31. The van der Waals surface area contributed by atoms with E-state index >= 15 is 0 Å². The second kappa shape index (κ2) is 5.99. The van der Waals surface area contributed by atoms with E-state index in [0.29, 0.717) is 19.0 Å². The fourth-order valence-corrected chi connectivity index (χ4v) is 2.86. The summed E-state index contributed by atoms with van der Waals surface area (Å²) < 4.78 is 5.52. The minimum Gasteiger partial charge on any atom is -0.386 e. The van der Waals surface area contributed by atoms with E-state index in [1.807, 2.05) is 12.1 Å². The fraction of sp³-hybridized carbons (Fsp3) is 0.500. The van der Waals surface area contributed by atoms with Gasteiger partial charge >= 0.3 is 0 Å². The maximum absolute atomic E-state index is 6.27. The highest BCUT2D eigenvalue weighted by atomic mass is 35.5. The molecule has 2 aliphatic rings. The fourth-order valence-electron chi connectivity index (χ4n) is 2.62. The third-order valence-electron chi connectivity index (χ3n) is 3.63. The van der Waals surface area contributed by atoms with Gasteiger partial charge in [-0.05, 0) is 23.8 Å². The van der Waals surface area contributed by atoms with Crippen LogP contribution in [0.2, 0.25) is 5.02 Å². The zero-order valence-electron chi connectivity index (χ0n) is 11.3. The number of hydrogen-bond donors (Lipinski definition) is 2. The lowest BCUT2D eigenvalue weighted by Crippen LogP contribution is -2.40. The number of benzene rings is 1. The van der Waals surface area contributed by atoms with Crippen molar-refractivity contribution in [3.8, 4) is 0 Å². The molecule has 3 N–H and O–H groups in total. The van der Waals surface area contributed by atoms with E-state index in [2.05, 4.69) is 21.3 Å². The van der Waals surface area contributed by atoms with Crippen LogP contribution >= 0.6 is 11.6 Å². The van der Waals surface area contributed by atoms with Crippen LogP contribution in [0.3, 0.4) is 0 Å². The Bertz CT molecular complexity index is 514. The minimum absolute atomic E-state index is 0.206. The highest BCUT2D eigenvalue weighted by Crippen LogP contribution is 2.27. The molecule has 1 unspecified atom stereocenters. The Morgan fingerprint density at radius 1 is 1.40 bits per heavy atom. The second-order valence-electron chi connectivity index (χ2n) is 5.12. The monoisotopic (exact) mass is 294 g/mol. The van der Waals surface area contributed by atoms with Gasteiger partial charge in [0, 0.05) is 23.8 Å². The molecule has 1 atom stereocenters. The first-order valence-corrected chi connectivity index (χ1v) is 7.25. The van der Waals surface area contributed by atoms with E-state index in [-0.39, 0.29) is 6.04 Å². The number of morpholine rings is 1. The lowest BCUT2D eigenvalue weighted by molar-refractivity contribution is 0.0769. The third-order valence-corrected chi connectivity index (χ3v) is 3.85. The third kappa shape index (κ3) is 3.06. The molecule has 108 valence electrons. The topological polar surface area (TPSA) is 62.9 Å². The van der Waals surface area contributed by atoms with Gasteiger partial charge in [-0.25, -0.2) is 0 Å². The summed E-state index contributed by atoms with van der Waals surface area (Å²) in [5.41, 5.74) is 8.08. The van der Waals surface area contributed by atoms with Crippen LogP contribution in [0.15, 0.2) is 23.2 Å². The van der Waals surface area contributed by atoms with E-state index in [1.165, 1.54) is 0 Å². The molecule has 2 aliphatic heterocycles. The SMILES string of the molecule is NC1=NCCN(c2cc(Cl)cc(C3COCCN3)c2)C1. The van der Waals surface area contributed by atoms with E-state index in [4.69, 9.17) is 22.1 Å². The Balaban J connectivity index is 1.84. The second-order valence-corrected chi connectivity index (χ2v) is 5.56. The van der Waals surface area contributed by atoms with Gasteiger partial charge in [-0.3, -0.25) is 4.99 Å². The average molecular weight is 295 g/mol. The molecule has 0 saturated carbocycles. The van der Waals surface area contributed by atoms with Gasteiger partial charge in [-0.1, -0.05) is 11.6 Å². The lowest BCUT2D eigenvalue weighted by Gasteiger charge is -2.29. The standard InChI is InChI=1S/C14H19ClN4O/c15-11-5-10(13-9-20-4-2-17-13)6-12(7-11)19-3-1-18-14(16)8-19/h5-7,13,17H,1-4,8-9H2,(H2,16,18). The molecule has 20 heavy (non-hydrogen) atoms. The van der Waals surface area contributed by atoms with Gasteiger partial charge in [0.1, 0.15) is 5.84 Å². The number of anilines is 1. The summed E-state index contributed by atoms with van der Waals surface area (Å²) in [6.07, 6.45) is 0. The molecule has 1 fully saturated rings. The number of nitrogens with one attached hydrogen (secondary N) is 1. The molecule has 1 saturated heterocycles. The number of amidine groups is 1. The lowest BCUT2D eigenvalue weighted by atomic mass is 10.1. The molecule has 0 spiro atoms. The zero-order valence-corrected chi connectivity index (χ0v) is 12.1. The largest absolute Gasteiger partial charge is 0.386 e. The van der Waals surface area contributed by atoms with Crippen molar-refractivity contribution in [2.24, 2.45) is 10.7 Å². The van der Waals surface area contributed by atoms with Crippen molar-refractivity contribution in [3.05, 3.63) is 28.8 Å². The number of aliphatic imine (C=N–C) groups is 1. The van der Waals surface area contributed by atoms with Crippen LogP contribution in [-0.4, -0.2) is 45.2 Å². The Morgan fingerprint density at radius 3 is 3.05 bits per heavy atom. The minimum atomic E-state index is 0.206. The maximum Gasteiger partial charge on any atom is 0.113 e. The molecule has 1 aromatic carbocycles. The van der Waals surface area contributed by atoms with E-state index < -0.39 is 0 Å². The number of halogens is 1. The Hall–Kier alpha value is -1.30. The number of nitrogens with two attached hydrogens (primary N) is 1. The molecule has 0 amide bonds. The van der Waals surface area contributed by atoms with Gasteiger partial charge < -0.3 is 20.7 Å². The molecule has 2 heterocycles. The number of ether oxygens (including phenoxy) is 1. The van der Waals surface area contributed by atoms with Crippen LogP contribution in [0, 0.1) is 0 Å². The van der Waals surface area contributed by atoms with E-state index in [1.54, 1.807) is 0 Å². The summed E-state index contributed by atoms with van der Waals surface area (Å²) in [4.78, 5) is 6.44. The predicted octanol–water partition coefficient (Wildman–Crippen LogP) is 1.18. The summed E-state index contributed by atoms with van der Waals surface area (Å²) >= 11 is 6.27. The van der Waals surface area contributed by atoms with Crippen LogP contribution in [0.25, 0.3) is 0 Å². The van der Waals surface area contributed by atoms with Gasteiger partial charge in [0.05, 0.1) is 32.3 Å². The van der Waals surface area contributed by atoms with Crippen molar-refractivity contribution < 1.29 is 4.74 Å². The maximum atomic E-state index is 6.27. The van der Waals surface area contributed by atoms with Gasteiger partial charge in [-0.15, -0.1) is 0 Å². The average Bonchev–Trinajstić information content (AvgIpc) is 2.47. The van der Waals surface area contributed by atoms with Crippen molar-refractivity contribution in [1.82, 2.24) is 5.32 Å². The van der Waals surface area contributed by atoms with Crippen LogP contribution < -0.4 is 16.0 Å². The summed E-state index contributed by atoms with van der Waals surface area (Å²) in [7, 11) is 0. The molecule has 3 rings (SSSR count). The molecule has 5 nitrogen and oxygen atoms in total. The molecular formula is C14H19ClN4O. The quantitative estimate of drug-likeness (QED) is 0.860. The Labute approximate surface area is 123 Å². The summed E-state index contributed by atoms with van der Waals surface area (Å²) in [5.74, 6) is 0.678. The first-order chi connectivity index (χ1) is 9.72. The zero-order chi connectivity index (χ0) is 13.9. The van der Waals surface area contributed by atoms with Crippen molar-refractivity contribution >= 4 is 23.1 Å². The van der Waals surface area contributed by atoms with Crippen molar-refractivity contribution in [2.45, 2.75) is 6.04 Å². The molecule has 0 bridgehead atoms. The number of hydrogen-bond acceptors (Lipinski definition) is 5. The van der Waals surface area contributed by atoms with Crippen LogP contribution in [0.4, 0.5) is 5.69 Å². The van der Waals surface area contributed by atoms with Crippen molar-refractivity contribution in [1.29, 1.82) is 0 Å². The van der Waals surface area contributed by atoms with Gasteiger partial charge in [0.2, 0.25) is 0 Å². The Kier molecular flexibility index (Phi) is 4.10. The van der Waals surface area contributed by atoms with Crippen LogP contribution in [0.1, 0.15) is 11.6 Å². The van der Waals surface area contributed by atoms with E-state index in [9.17, 15) is 0 Å². The van der Waals surface area contributed by atoms with Gasteiger partial charge in [0.25, 0.3) is 0 Å². The van der Waals surface area contributed by atoms with Crippen molar-refractivity contribution in [3.63, 3.8) is 0 Å². The van der Waals surface area contributed by atoms with Crippen molar-refractivity contribution in [2.75, 3.05) is 44.3 Å². The molecule has 6 heteroatoms. The van der Waals surface area contributed by atoms with Crippen LogP contribution in [0.5, 0.6) is 0 Å². The van der Waals surface area contributed by atoms with Gasteiger partial charge in [-0.2, -0.15) is 0 Å². The normalized spacial score (nSPS) is 23.6. The Morgan fingerprint density at radius 2 is 2.30 bits per heavy atom. The number of nitrogens with zero attached hydrogens (tertiary/aromatic N) is 2. The smallest absolute Gasteiger partial charge is 0.113 e. The first-order valence-electron chi connectivity index (χ1n) is 6.88. The summed E-state index contributed by atoms with van der Waals surface area (Å²) in [6, 6.07) is 6.35. The molecular weight excluding hydrogens is 276 g/mol. The van der Waals surface area contributed by atoms with E-state index in [0.717, 1.165) is 42.5 Å². The van der Waals surface area contributed by atoms with Crippen LogP contribution in [-0.2, 0) is 4.74 Å². The summed E-state index contributed by atoms with van der Waals surface area (Å²) in [6.45, 7) is 4.59. The first kappa shape index (κ1) is 13.7. The highest BCUT2D eigenvalue weighted by Gasteiger charge is 2.19. The molecule has 0 aromatic heterocycles. The predicted molar refractivity (Wildman–Crippen MR) is 81.7 cm³/mol. The molecule has 0 radical (unpaired) electrons. The molecule has 0 aliphatic carbocycles. The van der Waals surface area contributed by atoms with Gasteiger partial charge in [0.15, 0.2) is 0 Å². The molecule has 1 aromatic rings.